The number of benzene rings is 1. The molecule has 194 valence electrons. The molecular formula is C19H18F6N2O8. The average molecular weight is 516 g/mol. The van der Waals surface area contributed by atoms with Crippen LogP contribution in [0.2, 0.25) is 0 Å². The molecule has 16 heteroatoms. The molecule has 1 aliphatic heterocycles. The smallest absolute Gasteiger partial charge is 0.475 e. The maximum atomic E-state index is 13.6. The molecule has 1 heterocycles. The van der Waals surface area contributed by atoms with Crippen molar-refractivity contribution in [3.8, 4) is 11.5 Å². The second-order valence-corrected chi connectivity index (χ2v) is 7.04. The van der Waals surface area contributed by atoms with Crippen molar-refractivity contribution in [2.75, 3.05) is 26.3 Å². The summed E-state index contributed by atoms with van der Waals surface area (Å²) in [5, 5.41) is 9.09. The van der Waals surface area contributed by atoms with E-state index in [1.165, 1.54) is 6.92 Å². The van der Waals surface area contributed by atoms with Crippen LogP contribution in [0, 0.1) is 17.0 Å². The summed E-state index contributed by atoms with van der Waals surface area (Å²) >= 11 is 0. The normalized spacial score (nSPS) is 15.3. The van der Waals surface area contributed by atoms with Gasteiger partial charge in [0, 0.05) is 19.0 Å². The minimum atomic E-state index is -5.08. The van der Waals surface area contributed by atoms with Gasteiger partial charge in [0.05, 0.1) is 12.1 Å². The number of hydrogen-bond donors (Lipinski definition) is 0. The Labute approximate surface area is 193 Å². The topological polar surface area (TPSA) is 117 Å². The highest BCUT2D eigenvalue weighted by Gasteiger charge is 2.49. The van der Waals surface area contributed by atoms with E-state index >= 15 is 0 Å². The van der Waals surface area contributed by atoms with Gasteiger partial charge in [-0.25, -0.2) is 4.79 Å². The van der Waals surface area contributed by atoms with Crippen molar-refractivity contribution in [2.45, 2.75) is 32.5 Å². The van der Waals surface area contributed by atoms with Crippen LogP contribution in [0.4, 0.5) is 26.3 Å². The van der Waals surface area contributed by atoms with Gasteiger partial charge in [0.1, 0.15) is 24.7 Å². The molecule has 10 nitrogen and oxygen atoms in total. The third-order valence-electron chi connectivity index (χ3n) is 4.47. The largest absolute Gasteiger partial charge is 0.573 e. The van der Waals surface area contributed by atoms with Gasteiger partial charge in [-0.2, -0.15) is 13.2 Å². The predicted molar refractivity (Wildman–Crippen MR) is 102 cm³/mol. The van der Waals surface area contributed by atoms with E-state index in [1.807, 2.05) is 0 Å². The van der Waals surface area contributed by atoms with E-state index in [-0.39, 0.29) is 24.2 Å². The van der Waals surface area contributed by atoms with Crippen LogP contribution in [0.5, 0.6) is 11.5 Å². The molecule has 0 aliphatic carbocycles. The lowest BCUT2D eigenvalue weighted by Crippen LogP contribution is -2.41. The lowest BCUT2D eigenvalue weighted by Gasteiger charge is -2.29. The highest BCUT2D eigenvalue weighted by molar-refractivity contribution is 5.96. The number of esters is 1. The Hall–Kier alpha value is -3.72. The van der Waals surface area contributed by atoms with Crippen LogP contribution in [-0.2, 0) is 19.2 Å². The van der Waals surface area contributed by atoms with Crippen LogP contribution in [0.1, 0.15) is 18.1 Å². The van der Waals surface area contributed by atoms with Crippen molar-refractivity contribution in [1.82, 2.24) is 4.90 Å². The molecule has 35 heavy (non-hydrogen) atoms. The Balaban J connectivity index is 2.22. The number of hydrogen-bond acceptors (Lipinski definition) is 8. The van der Waals surface area contributed by atoms with Crippen LogP contribution >= 0.6 is 0 Å². The molecule has 0 spiro atoms. The number of halogens is 6. The minimum absolute atomic E-state index is 0.103. The molecular weight excluding hydrogens is 498 g/mol. The van der Waals surface area contributed by atoms with Gasteiger partial charge in [-0.1, -0.05) is 0 Å². The molecule has 0 bridgehead atoms. The molecule has 1 aromatic carbocycles. The molecule has 1 aliphatic rings. The number of carbonyl (C=O) groups excluding carboxylic acids is 2. The summed E-state index contributed by atoms with van der Waals surface area (Å²) in [6.45, 7) is 0.623. The zero-order valence-corrected chi connectivity index (χ0v) is 18.1. The Morgan fingerprint density at radius 1 is 1.14 bits per heavy atom. The van der Waals surface area contributed by atoms with Gasteiger partial charge in [0.15, 0.2) is 0 Å². The van der Waals surface area contributed by atoms with E-state index in [1.54, 1.807) is 0 Å². The molecule has 1 atom stereocenters. The monoisotopic (exact) mass is 516 g/mol. The standard InChI is InChI=1S/C19H18F6N2O8/c1-10-7-13(35-19(23,24)25)8-12-9-14(16(18(20,21)22)34-15(10)12)17(29)32-5-3-26(11(2)28)4-6-33-27(30)31/h7-9,16H,3-6H2,1-2H3. The number of fused-ring (bicyclic) bond motifs is 1. The van der Waals surface area contributed by atoms with Crippen LogP contribution in [-0.4, -0.2) is 66.8 Å². The first-order valence-corrected chi connectivity index (χ1v) is 9.63. The zero-order valence-electron chi connectivity index (χ0n) is 18.1. The number of ether oxygens (including phenoxy) is 3. The first-order valence-electron chi connectivity index (χ1n) is 9.63. The summed E-state index contributed by atoms with van der Waals surface area (Å²) in [5.41, 5.74) is -1.42. The minimum Gasteiger partial charge on any atom is -0.475 e. The number of alkyl halides is 6. The van der Waals surface area contributed by atoms with Crippen LogP contribution < -0.4 is 9.47 Å². The summed E-state index contributed by atoms with van der Waals surface area (Å²) in [4.78, 5) is 39.2. The molecule has 0 saturated carbocycles. The van der Waals surface area contributed by atoms with Crippen LogP contribution in [0.15, 0.2) is 17.7 Å². The van der Waals surface area contributed by atoms with E-state index in [9.17, 15) is 46.0 Å². The highest BCUT2D eigenvalue weighted by Crippen LogP contribution is 2.41. The molecule has 0 fully saturated rings. The van der Waals surface area contributed by atoms with E-state index in [2.05, 4.69) is 9.57 Å². The van der Waals surface area contributed by atoms with Crippen molar-refractivity contribution in [2.24, 2.45) is 0 Å². The second-order valence-electron chi connectivity index (χ2n) is 7.04. The summed E-state index contributed by atoms with van der Waals surface area (Å²) in [5.74, 6) is -3.21. The third kappa shape index (κ3) is 7.92. The maximum absolute atomic E-state index is 13.6. The molecule has 2 rings (SSSR count). The van der Waals surface area contributed by atoms with E-state index < -0.39 is 65.9 Å². The summed E-state index contributed by atoms with van der Waals surface area (Å²) in [6, 6.07) is 1.58. The quantitative estimate of drug-likeness (QED) is 0.213. The molecule has 0 saturated heterocycles. The predicted octanol–water partition coefficient (Wildman–Crippen LogP) is 3.20. The molecule has 1 amide bonds. The van der Waals surface area contributed by atoms with Crippen molar-refractivity contribution in [3.63, 3.8) is 0 Å². The van der Waals surface area contributed by atoms with Crippen LogP contribution in [0.25, 0.3) is 6.08 Å². The number of amides is 1. The van der Waals surface area contributed by atoms with Crippen LogP contribution in [0.3, 0.4) is 0 Å². The van der Waals surface area contributed by atoms with Crippen molar-refractivity contribution >= 4 is 18.0 Å². The Bertz CT molecular complexity index is 1010. The van der Waals surface area contributed by atoms with Gasteiger partial charge in [0.25, 0.3) is 5.09 Å². The Morgan fingerprint density at radius 3 is 2.31 bits per heavy atom. The zero-order chi connectivity index (χ0) is 26.6. The molecule has 0 radical (unpaired) electrons. The van der Waals surface area contributed by atoms with Crippen molar-refractivity contribution < 1.29 is 60.1 Å². The van der Waals surface area contributed by atoms with E-state index in [0.29, 0.717) is 6.08 Å². The SMILES string of the molecule is CC(=O)N(CCOC(=O)C1=Cc2cc(OC(F)(F)F)cc(C)c2OC1C(F)(F)F)CCO[N+](=O)[O-]. The lowest BCUT2D eigenvalue weighted by atomic mass is 9.99. The molecule has 1 aromatic rings. The third-order valence-corrected chi connectivity index (χ3v) is 4.47. The number of aryl methyl sites for hydroxylation is 1. The molecule has 0 aromatic heterocycles. The fourth-order valence-corrected chi connectivity index (χ4v) is 3.05. The van der Waals surface area contributed by atoms with Gasteiger partial charge in [-0.3, -0.25) is 4.79 Å². The maximum Gasteiger partial charge on any atom is 0.573 e. The van der Waals surface area contributed by atoms with E-state index in [4.69, 9.17) is 9.47 Å². The fraction of sp³-hybridized carbons (Fsp3) is 0.474. The number of rotatable bonds is 9. The first-order chi connectivity index (χ1) is 16.1. The van der Waals surface area contributed by atoms with Gasteiger partial charge in [-0.05, 0) is 30.7 Å². The second kappa shape index (κ2) is 10.7. The van der Waals surface area contributed by atoms with Gasteiger partial charge in [-0.15, -0.1) is 23.3 Å². The summed E-state index contributed by atoms with van der Waals surface area (Å²) in [7, 11) is 0. The summed E-state index contributed by atoms with van der Waals surface area (Å²) in [6.07, 6.45) is -12.2. The lowest BCUT2D eigenvalue weighted by molar-refractivity contribution is -0.757. The van der Waals surface area contributed by atoms with Gasteiger partial charge in [0.2, 0.25) is 12.0 Å². The van der Waals surface area contributed by atoms with Gasteiger partial charge >= 0.3 is 18.5 Å². The van der Waals surface area contributed by atoms with Crippen molar-refractivity contribution in [3.05, 3.63) is 38.9 Å². The number of nitrogens with zero attached hydrogens (tertiary/aromatic N) is 2. The molecule has 0 N–H and O–H groups in total. The first kappa shape index (κ1) is 27.5. The molecule has 1 unspecified atom stereocenters. The van der Waals surface area contributed by atoms with E-state index in [0.717, 1.165) is 24.0 Å². The Kier molecular flexibility index (Phi) is 8.41. The van der Waals surface area contributed by atoms with Crippen molar-refractivity contribution in [1.29, 1.82) is 0 Å². The Morgan fingerprint density at radius 2 is 1.77 bits per heavy atom. The fourth-order valence-electron chi connectivity index (χ4n) is 3.05. The highest BCUT2D eigenvalue weighted by atomic mass is 19.4. The average Bonchev–Trinajstić information content (AvgIpc) is 2.69. The summed E-state index contributed by atoms with van der Waals surface area (Å²) < 4.78 is 91.9. The van der Waals surface area contributed by atoms with Gasteiger partial charge < -0.3 is 23.9 Å². The number of carbonyl (C=O) groups is 2.